The van der Waals surface area contributed by atoms with E-state index in [1.807, 2.05) is 0 Å². The van der Waals surface area contributed by atoms with Crippen molar-refractivity contribution in [2.45, 2.75) is 25.4 Å². The maximum Gasteiger partial charge on any atom is 0.150 e. The van der Waals surface area contributed by atoms with Crippen molar-refractivity contribution in [3.63, 3.8) is 0 Å². The van der Waals surface area contributed by atoms with Gasteiger partial charge in [0, 0.05) is 12.6 Å². The standard InChI is InChI=1S/C13H15FN2O2S/c14-13-2-1-10(7-11(13)8-15)9-16-12-3-5-19(17,18)6-4-12/h1-2,7,12,16H,3-6,9H2. The van der Waals surface area contributed by atoms with Gasteiger partial charge in [-0.05, 0) is 30.5 Å². The zero-order chi connectivity index (χ0) is 13.9. The Kier molecular flexibility index (Phi) is 4.17. The molecule has 0 unspecified atom stereocenters. The second-order valence-corrected chi connectivity index (χ2v) is 7.04. The molecule has 1 aromatic carbocycles. The van der Waals surface area contributed by atoms with Crippen LogP contribution < -0.4 is 5.32 Å². The van der Waals surface area contributed by atoms with Crippen LogP contribution in [0.5, 0.6) is 0 Å². The average molecular weight is 282 g/mol. The van der Waals surface area contributed by atoms with Gasteiger partial charge in [-0.2, -0.15) is 5.26 Å². The van der Waals surface area contributed by atoms with Crippen LogP contribution in [0.15, 0.2) is 18.2 Å². The second-order valence-electron chi connectivity index (χ2n) is 4.73. The first kappa shape index (κ1) is 14.0. The van der Waals surface area contributed by atoms with Gasteiger partial charge < -0.3 is 5.32 Å². The Hall–Kier alpha value is -1.45. The van der Waals surface area contributed by atoms with Gasteiger partial charge in [0.1, 0.15) is 21.7 Å². The zero-order valence-electron chi connectivity index (χ0n) is 10.4. The number of sulfone groups is 1. The molecule has 4 nitrogen and oxygen atoms in total. The van der Waals surface area contributed by atoms with Crippen molar-refractivity contribution in [2.75, 3.05) is 11.5 Å². The molecule has 0 amide bonds. The second kappa shape index (κ2) is 5.68. The number of hydrogen-bond donors (Lipinski definition) is 1. The molecule has 1 aliphatic rings. The van der Waals surface area contributed by atoms with E-state index >= 15 is 0 Å². The molecule has 2 rings (SSSR count). The summed E-state index contributed by atoms with van der Waals surface area (Å²) in [5, 5.41) is 12.0. The van der Waals surface area contributed by atoms with Crippen LogP contribution >= 0.6 is 0 Å². The third-order valence-electron chi connectivity index (χ3n) is 3.30. The number of hydrogen-bond acceptors (Lipinski definition) is 4. The molecule has 0 spiro atoms. The Morgan fingerprint density at radius 1 is 1.37 bits per heavy atom. The number of nitriles is 1. The van der Waals surface area contributed by atoms with Gasteiger partial charge in [-0.15, -0.1) is 0 Å². The monoisotopic (exact) mass is 282 g/mol. The van der Waals surface area contributed by atoms with E-state index in [1.165, 1.54) is 12.1 Å². The summed E-state index contributed by atoms with van der Waals surface area (Å²) < 4.78 is 35.7. The Bertz CT molecular complexity index is 594. The van der Waals surface area contributed by atoms with Crippen LogP contribution in [0.3, 0.4) is 0 Å². The van der Waals surface area contributed by atoms with E-state index < -0.39 is 15.7 Å². The van der Waals surface area contributed by atoms with Crippen LogP contribution in [-0.2, 0) is 16.4 Å². The molecule has 0 bridgehead atoms. The lowest BCUT2D eigenvalue weighted by Gasteiger charge is -2.23. The Morgan fingerprint density at radius 2 is 2.05 bits per heavy atom. The van der Waals surface area contributed by atoms with E-state index in [4.69, 9.17) is 5.26 Å². The molecule has 1 N–H and O–H groups in total. The minimum absolute atomic E-state index is 0.0329. The van der Waals surface area contributed by atoms with E-state index in [0.717, 1.165) is 5.56 Å². The van der Waals surface area contributed by atoms with Gasteiger partial charge in [0.05, 0.1) is 17.1 Å². The van der Waals surface area contributed by atoms with Crippen LogP contribution in [0.25, 0.3) is 0 Å². The summed E-state index contributed by atoms with van der Waals surface area (Å²) in [7, 11) is -2.85. The maximum atomic E-state index is 13.1. The molecule has 1 aliphatic heterocycles. The predicted octanol–water partition coefficient (Wildman–Crippen LogP) is 1.36. The van der Waals surface area contributed by atoms with Gasteiger partial charge in [-0.1, -0.05) is 6.07 Å². The smallest absolute Gasteiger partial charge is 0.150 e. The molecule has 19 heavy (non-hydrogen) atoms. The first-order valence-electron chi connectivity index (χ1n) is 6.12. The van der Waals surface area contributed by atoms with Crippen molar-refractivity contribution in [3.8, 4) is 6.07 Å². The van der Waals surface area contributed by atoms with Crippen LogP contribution in [0.4, 0.5) is 4.39 Å². The molecule has 0 aliphatic carbocycles. The summed E-state index contributed by atoms with van der Waals surface area (Å²) in [6, 6.07) is 6.39. The van der Waals surface area contributed by atoms with Crippen LogP contribution in [0.2, 0.25) is 0 Å². The largest absolute Gasteiger partial charge is 0.310 e. The molecule has 102 valence electrons. The zero-order valence-corrected chi connectivity index (χ0v) is 11.2. The highest BCUT2D eigenvalue weighted by atomic mass is 32.2. The van der Waals surface area contributed by atoms with Crippen molar-refractivity contribution in [3.05, 3.63) is 35.1 Å². The van der Waals surface area contributed by atoms with E-state index in [0.29, 0.717) is 19.4 Å². The molecular formula is C13H15FN2O2S. The van der Waals surface area contributed by atoms with Crippen LogP contribution in [0, 0.1) is 17.1 Å². The van der Waals surface area contributed by atoms with Crippen molar-refractivity contribution in [1.82, 2.24) is 5.32 Å². The van der Waals surface area contributed by atoms with Gasteiger partial charge in [-0.3, -0.25) is 0 Å². The highest BCUT2D eigenvalue weighted by Crippen LogP contribution is 2.14. The summed E-state index contributed by atoms with van der Waals surface area (Å²) in [6.45, 7) is 0.514. The minimum Gasteiger partial charge on any atom is -0.310 e. The number of halogens is 1. The van der Waals surface area contributed by atoms with E-state index in [-0.39, 0.29) is 23.1 Å². The van der Waals surface area contributed by atoms with Gasteiger partial charge in [0.25, 0.3) is 0 Å². The predicted molar refractivity (Wildman–Crippen MR) is 69.6 cm³/mol. The van der Waals surface area contributed by atoms with Gasteiger partial charge in [0.15, 0.2) is 0 Å². The summed E-state index contributed by atoms with van der Waals surface area (Å²) in [6.07, 6.45) is 1.21. The van der Waals surface area contributed by atoms with Crippen molar-refractivity contribution < 1.29 is 12.8 Å². The first-order chi connectivity index (χ1) is 9.00. The summed E-state index contributed by atoms with van der Waals surface area (Å²) in [5.74, 6) is -0.0790. The Morgan fingerprint density at radius 3 is 2.68 bits per heavy atom. The Balaban J connectivity index is 1.91. The third kappa shape index (κ3) is 3.75. The third-order valence-corrected chi connectivity index (χ3v) is 5.02. The SMILES string of the molecule is N#Cc1cc(CNC2CCS(=O)(=O)CC2)ccc1F. The minimum atomic E-state index is -2.85. The lowest BCUT2D eigenvalue weighted by Crippen LogP contribution is -2.37. The molecule has 1 aromatic rings. The molecular weight excluding hydrogens is 267 g/mol. The van der Waals surface area contributed by atoms with Crippen LogP contribution in [0.1, 0.15) is 24.0 Å². The highest BCUT2D eigenvalue weighted by molar-refractivity contribution is 7.91. The fraction of sp³-hybridized carbons (Fsp3) is 0.462. The molecule has 6 heteroatoms. The Labute approximate surface area is 112 Å². The summed E-state index contributed by atoms with van der Waals surface area (Å²) >= 11 is 0. The number of nitrogens with zero attached hydrogens (tertiary/aromatic N) is 1. The number of rotatable bonds is 3. The molecule has 0 radical (unpaired) electrons. The molecule has 0 saturated carbocycles. The maximum absolute atomic E-state index is 13.1. The lowest BCUT2D eigenvalue weighted by molar-refractivity contribution is 0.463. The van der Waals surface area contributed by atoms with Crippen molar-refractivity contribution >= 4 is 9.84 Å². The van der Waals surface area contributed by atoms with Gasteiger partial charge >= 0.3 is 0 Å². The molecule has 1 saturated heterocycles. The lowest BCUT2D eigenvalue weighted by atomic mass is 10.1. The highest BCUT2D eigenvalue weighted by Gasteiger charge is 2.22. The van der Waals surface area contributed by atoms with E-state index in [2.05, 4.69) is 5.32 Å². The molecule has 1 heterocycles. The first-order valence-corrected chi connectivity index (χ1v) is 7.94. The van der Waals surface area contributed by atoms with Crippen molar-refractivity contribution in [2.24, 2.45) is 0 Å². The average Bonchev–Trinajstić information content (AvgIpc) is 2.39. The van der Waals surface area contributed by atoms with Gasteiger partial charge in [0.2, 0.25) is 0 Å². The molecule has 1 fully saturated rings. The quantitative estimate of drug-likeness (QED) is 0.909. The number of benzene rings is 1. The summed E-state index contributed by atoms with van der Waals surface area (Å²) in [5.41, 5.74) is 0.858. The normalized spacial score (nSPS) is 18.9. The number of nitrogens with one attached hydrogen (secondary N) is 1. The van der Waals surface area contributed by atoms with E-state index in [1.54, 1.807) is 12.1 Å². The fourth-order valence-electron chi connectivity index (χ4n) is 2.12. The van der Waals surface area contributed by atoms with E-state index in [9.17, 15) is 12.8 Å². The fourth-order valence-corrected chi connectivity index (χ4v) is 3.62. The van der Waals surface area contributed by atoms with Gasteiger partial charge in [-0.25, -0.2) is 12.8 Å². The summed E-state index contributed by atoms with van der Waals surface area (Å²) in [4.78, 5) is 0. The molecule has 0 atom stereocenters. The topological polar surface area (TPSA) is 70.0 Å². The van der Waals surface area contributed by atoms with Crippen LogP contribution in [-0.4, -0.2) is 26.0 Å². The molecule has 0 aromatic heterocycles. The van der Waals surface area contributed by atoms with Crippen molar-refractivity contribution in [1.29, 1.82) is 5.26 Å².